The van der Waals surface area contributed by atoms with Crippen LogP contribution in [0.5, 0.6) is 23.0 Å². The van der Waals surface area contributed by atoms with Crippen molar-refractivity contribution in [1.29, 1.82) is 10.5 Å². The smallest absolute Gasteiger partial charge is 0.214 e. The molecular formula is C70H62Cl2F12Fe3N8O6P2. The molecule has 0 spiro atoms. The van der Waals surface area contributed by atoms with E-state index in [-0.39, 0.29) is 76.3 Å². The van der Waals surface area contributed by atoms with E-state index in [0.29, 0.717) is 94.6 Å². The molecule has 2 aliphatic carbocycles. The molecule has 0 unspecified atom stereocenters. The molecule has 0 bridgehead atoms. The monoisotopic (exact) mass is 1640 g/mol. The van der Waals surface area contributed by atoms with E-state index < -0.39 is 15.6 Å². The first-order chi connectivity index (χ1) is 46.9. The Morgan fingerprint density at radius 3 is 0.971 bits per heavy atom. The predicted octanol–water partition coefficient (Wildman–Crippen LogP) is 24.1. The maximum absolute atomic E-state index is 12.1. The summed E-state index contributed by atoms with van der Waals surface area (Å²) in [5, 5.41) is 61.2. The summed E-state index contributed by atoms with van der Waals surface area (Å²) in [6, 6.07) is 65.0. The van der Waals surface area contributed by atoms with Gasteiger partial charge in [-0.05, 0) is 170 Å². The van der Waals surface area contributed by atoms with Crippen molar-refractivity contribution in [2.75, 3.05) is 49.2 Å². The van der Waals surface area contributed by atoms with Gasteiger partial charge < -0.3 is 39.0 Å². The summed E-state index contributed by atoms with van der Waals surface area (Å²) < 4.78 is 141. The van der Waals surface area contributed by atoms with E-state index in [1.54, 1.807) is 97.1 Å². The molecular weight excluding hydrogens is 1580 g/mol. The van der Waals surface area contributed by atoms with Crippen molar-refractivity contribution in [1.82, 2.24) is 0 Å². The van der Waals surface area contributed by atoms with Crippen LogP contribution < -0.4 is 29.5 Å². The summed E-state index contributed by atoms with van der Waals surface area (Å²) >= 11 is 11.8. The van der Waals surface area contributed by atoms with Gasteiger partial charge in [0.15, 0.2) is 0 Å². The van der Waals surface area contributed by atoms with Crippen LogP contribution in [0.25, 0.3) is 0 Å². The Morgan fingerprint density at radius 2 is 0.718 bits per heavy atom. The normalized spacial score (nSPS) is 12.8. The number of halogens is 14. The van der Waals surface area contributed by atoms with Crippen LogP contribution in [-0.4, -0.2) is 39.4 Å². The molecule has 0 saturated heterocycles. The van der Waals surface area contributed by atoms with Gasteiger partial charge in [-0.2, -0.15) is 67.4 Å². The number of hydrogen-bond donors (Lipinski definition) is 0. The van der Waals surface area contributed by atoms with Gasteiger partial charge in [-0.15, -0.1) is 0 Å². The third-order valence-electron chi connectivity index (χ3n) is 12.5. The fraction of sp³-hybridized carbons (Fsp3) is 0.143. The molecule has 33 heteroatoms. The molecule has 14 nitrogen and oxygen atoms in total. The number of aryl methyl sites for hydroxylation is 2. The topological polar surface area (TPSA) is 187 Å². The number of nitriles is 2. The summed E-state index contributed by atoms with van der Waals surface area (Å²) in [5.74, 6) is 2.06. The Balaban J connectivity index is 0.000000516. The van der Waals surface area contributed by atoms with Gasteiger partial charge in [-0.1, -0.05) is 71.8 Å². The van der Waals surface area contributed by atoms with Crippen LogP contribution >= 0.6 is 38.8 Å². The minimum absolute atomic E-state index is 0. The maximum atomic E-state index is 12.1. The van der Waals surface area contributed by atoms with Crippen molar-refractivity contribution in [3.8, 4) is 35.1 Å². The Kier molecular flexibility index (Phi) is 35.8. The molecule has 2 aliphatic rings. The maximum Gasteiger partial charge on any atom is 2.00 e. The number of azo groups is 2. The summed E-state index contributed by atoms with van der Waals surface area (Å²) in [5.41, 5.74) is 7.63. The van der Waals surface area contributed by atoms with Crippen LogP contribution in [0, 0.1) is 36.5 Å². The Labute approximate surface area is 628 Å². The second-order valence-electron chi connectivity index (χ2n) is 20.7. The van der Waals surface area contributed by atoms with Crippen LogP contribution in [0.3, 0.4) is 0 Å². The van der Waals surface area contributed by atoms with Crippen molar-refractivity contribution >= 4 is 72.9 Å². The number of ether oxygens (including phenoxy) is 4. The van der Waals surface area contributed by atoms with Crippen molar-refractivity contribution in [2.24, 2.45) is 20.5 Å². The minimum atomic E-state index is -10.7. The molecule has 10 rings (SSSR count). The quantitative estimate of drug-likeness (QED) is 0.0158. The fourth-order valence-electron chi connectivity index (χ4n) is 7.99. The number of allylic oxidation sites excluding steroid dienone is 10. The van der Waals surface area contributed by atoms with Gasteiger partial charge in [-0.3, -0.25) is 0 Å². The average Bonchev–Trinajstić information content (AvgIpc) is 1.39. The minimum Gasteiger partial charge on any atom is -0.214 e. The molecule has 0 aromatic heterocycles. The van der Waals surface area contributed by atoms with Gasteiger partial charge in [0.2, 0.25) is 0 Å². The van der Waals surface area contributed by atoms with E-state index in [1.165, 1.54) is 0 Å². The Hall–Kier alpha value is -8.80. The zero-order chi connectivity index (χ0) is 73.4. The summed E-state index contributed by atoms with van der Waals surface area (Å²) in [6.45, 7) is 6.33. The van der Waals surface area contributed by atoms with Crippen LogP contribution in [0.15, 0.2) is 286 Å². The second kappa shape index (κ2) is 40.9. The van der Waals surface area contributed by atoms with Crippen molar-refractivity contribution in [3.63, 3.8) is 0 Å². The Bertz CT molecular complexity index is 3890. The van der Waals surface area contributed by atoms with Gasteiger partial charge >= 0.3 is 117 Å². The number of rotatable bonds is 22. The zero-order valence-electron chi connectivity index (χ0n) is 54.0. The van der Waals surface area contributed by atoms with E-state index in [4.69, 9.17) is 52.7 Å². The van der Waals surface area contributed by atoms with Crippen molar-refractivity contribution in [2.45, 2.75) is 26.7 Å². The van der Waals surface area contributed by atoms with Gasteiger partial charge in [-0.25, -0.2) is 24.3 Å². The van der Waals surface area contributed by atoms with Crippen molar-refractivity contribution in [3.05, 3.63) is 287 Å². The molecule has 0 amide bonds. The van der Waals surface area contributed by atoms with Crippen LogP contribution in [-0.2, 0) is 60.7 Å². The molecule has 8 aromatic carbocycles. The van der Waals surface area contributed by atoms with Gasteiger partial charge in [0.1, 0.15) is 23.0 Å². The number of benzene rings is 6. The van der Waals surface area contributed by atoms with Gasteiger partial charge in [0, 0.05) is 60.8 Å². The summed E-state index contributed by atoms with van der Waals surface area (Å²) in [7, 11) is -21.3. The van der Waals surface area contributed by atoms with Crippen LogP contribution in [0.4, 0.5) is 84.5 Å². The first-order valence-electron chi connectivity index (χ1n) is 29.5. The summed E-state index contributed by atoms with van der Waals surface area (Å²) in [4.78, 5) is 4.05. The van der Waals surface area contributed by atoms with E-state index >= 15 is 0 Å². The predicted molar refractivity (Wildman–Crippen MR) is 365 cm³/mol. The Morgan fingerprint density at radius 1 is 0.437 bits per heavy atom. The molecule has 8 aromatic rings. The van der Waals surface area contributed by atoms with Gasteiger partial charge in [0.05, 0.1) is 59.6 Å². The first kappa shape index (κ1) is 90.3. The van der Waals surface area contributed by atoms with Gasteiger partial charge in [0.25, 0.3) is 0 Å². The van der Waals surface area contributed by atoms with E-state index in [2.05, 4.69) is 32.6 Å². The van der Waals surface area contributed by atoms with E-state index in [1.807, 2.05) is 169 Å². The standard InChI is InChI=1S/2C30H27ClN4O3.2C5H5.2F6P.3Fe/c2*1-22-21-26(35(18-4-17-32)19-20-37-30(36)23-5-2-3-6-23)11-16-29(22)34-33-25-9-14-28(15-10-25)38-27-12-7-24(31)8-13-27;2*1-2-4-5-3-1;2*1-7(2,3,4,5)6;;;/h2*2-3,5-16,21,36H,4,18-20H2,1H3;2*1-5H;;;;;/q;;4*-1;3*+2/p-2. The third kappa shape index (κ3) is 42.4. The fourth-order valence-corrected chi connectivity index (χ4v) is 8.25. The molecule has 0 radical (unpaired) electrons. The van der Waals surface area contributed by atoms with E-state index in [9.17, 15) is 60.6 Å². The molecule has 0 aliphatic heterocycles. The average molecular weight is 1640 g/mol. The molecule has 0 saturated carbocycles. The van der Waals surface area contributed by atoms with Crippen molar-refractivity contribution < 1.29 is 131 Å². The number of hydrogen-bond acceptors (Lipinski definition) is 14. The number of nitrogens with zero attached hydrogens (tertiary/aromatic N) is 8. The molecule has 0 heterocycles. The molecule has 550 valence electrons. The number of anilines is 2. The molecule has 0 fully saturated rings. The zero-order valence-corrected chi connectivity index (χ0v) is 60.6. The largest absolute Gasteiger partial charge is 2.00 e. The SMILES string of the molecule is Cc1cc(N(CCC#N)CCOC([O-])=C2C=CC=C2)ccc1N=Nc1ccc(Oc2ccc(Cl)cc2)cc1.Cc1cc(N(CCC#N)CCOC([O-])=C2C=CC=C2)ccc1N=Nc1ccc(Oc2ccc(Cl)cc2)cc1.F[P-](F)(F)(F)(F)F.F[P-](F)(F)(F)(F)F.[Fe+2].[Fe+2].[Fe+2].c1cc[cH-]c1.c1cc[cH-]c1. The molecule has 103 heavy (non-hydrogen) atoms. The third-order valence-corrected chi connectivity index (χ3v) is 13.0. The molecule has 0 atom stereocenters. The molecule has 0 N–H and O–H groups in total. The van der Waals surface area contributed by atoms with Crippen LogP contribution in [0.2, 0.25) is 10.0 Å². The van der Waals surface area contributed by atoms with Crippen LogP contribution in [0.1, 0.15) is 24.0 Å². The first-order valence-corrected chi connectivity index (χ1v) is 34.3. The summed E-state index contributed by atoms with van der Waals surface area (Å²) in [6.07, 6.45) is 14.8. The second-order valence-corrected chi connectivity index (χ2v) is 25.4. The van der Waals surface area contributed by atoms with E-state index in [0.717, 1.165) is 33.9 Å².